The predicted molar refractivity (Wildman–Crippen MR) is 523 cm³/mol. The van der Waals surface area contributed by atoms with Crippen LogP contribution < -0.4 is 51.7 Å². The Kier molecular flexibility index (Phi) is 31.1. The van der Waals surface area contributed by atoms with Gasteiger partial charge in [0.1, 0.15) is 25.8 Å². The van der Waals surface area contributed by atoms with Crippen molar-refractivity contribution in [2.24, 2.45) is 21.1 Å². The van der Waals surface area contributed by atoms with Crippen molar-refractivity contribution in [2.45, 2.75) is 76.7 Å². The molecule has 0 spiro atoms. The minimum Gasteiger partial charge on any atom is -0.870 e. The zero-order valence-corrected chi connectivity index (χ0v) is 84.5. The Morgan fingerprint density at radius 2 is 0.805 bits per heavy atom. The van der Waals surface area contributed by atoms with E-state index in [-0.39, 0.29) is 81.8 Å². The summed E-state index contributed by atoms with van der Waals surface area (Å²) in [6, 6.07) is 54.8. The fraction of sp³-hybridized carbons (Fsp3) is 0.122. The molecule has 4 N–H and O–H groups in total. The molecular formula is C90H75BBr2Cl5N13NaO16S5. The van der Waals surface area contributed by atoms with Gasteiger partial charge in [0, 0.05) is 158 Å². The maximum atomic E-state index is 13.5. The van der Waals surface area contributed by atoms with E-state index in [1.54, 1.807) is 145 Å². The first-order valence-electron chi connectivity index (χ1n) is 39.1. The Morgan fingerprint density at radius 3 is 1.26 bits per heavy atom. The van der Waals surface area contributed by atoms with Crippen LogP contribution in [0.5, 0.6) is 0 Å². The molecule has 0 bridgehead atoms. The molecule has 0 saturated carbocycles. The molecule has 1 radical (unpaired) electrons. The van der Waals surface area contributed by atoms with Crippen molar-refractivity contribution in [3.8, 4) is 22.5 Å². The smallest absolute Gasteiger partial charge is 0.870 e. The van der Waals surface area contributed by atoms with Crippen molar-refractivity contribution in [3.63, 3.8) is 0 Å². The Labute approximate surface area is 826 Å². The van der Waals surface area contributed by atoms with E-state index >= 15 is 0 Å². The van der Waals surface area contributed by atoms with E-state index in [4.69, 9.17) is 61.7 Å². The number of aliphatic hydroxyl groups is 1. The number of benzene rings is 5. The number of aromatic amines is 2. The van der Waals surface area contributed by atoms with E-state index < -0.39 is 65.9 Å². The van der Waals surface area contributed by atoms with Gasteiger partial charge >= 0.3 is 37.0 Å². The second kappa shape index (κ2) is 40.7. The van der Waals surface area contributed by atoms with Crippen molar-refractivity contribution in [3.05, 3.63) is 345 Å². The maximum absolute atomic E-state index is 13.5. The molecule has 1 aliphatic carbocycles. The van der Waals surface area contributed by atoms with Gasteiger partial charge in [-0.25, -0.2) is 77.9 Å². The molecule has 0 aliphatic heterocycles. The first-order chi connectivity index (χ1) is 61.8. The van der Waals surface area contributed by atoms with Crippen LogP contribution in [-0.2, 0) is 81.4 Å². The number of nitrogens with one attached hydrogen (secondary N) is 2. The van der Waals surface area contributed by atoms with Crippen molar-refractivity contribution < 1.29 is 86.9 Å². The second-order valence-corrected chi connectivity index (χ2v) is 43.8. The first kappa shape index (κ1) is 102. The normalized spacial score (nSPS) is 12.2. The van der Waals surface area contributed by atoms with E-state index in [9.17, 15) is 61.6 Å². The molecule has 13 aromatic heterocycles. The molecule has 13 heterocycles. The van der Waals surface area contributed by atoms with Gasteiger partial charge in [0.25, 0.3) is 65.8 Å². The van der Waals surface area contributed by atoms with Gasteiger partial charge in [0.15, 0.2) is 16.9 Å². The molecule has 0 fully saturated rings. The van der Waals surface area contributed by atoms with Gasteiger partial charge < -0.3 is 38.9 Å². The topological polar surface area (TPSA) is 399 Å². The van der Waals surface area contributed by atoms with E-state index in [2.05, 4.69) is 80.0 Å². The molecule has 0 unspecified atom stereocenters. The summed E-state index contributed by atoms with van der Waals surface area (Å²) < 4.78 is 143. The minimum absolute atomic E-state index is 0. The average molecular weight is 2130 g/mol. The number of nitrogens with zero attached hydrogens (tertiary/aromatic N) is 11. The SMILES string of the molecule is Brc1ccc2c(n1)CC=C2.Cc1ccc(S(=O)(=O)n2ccc3c(-c4ccc5ccn(S(=O)(=O)c6ccc(Cl)cc6)c5n4)cn(C)c(=O)c32)cc1.Cn1cc(-c2ccc3ccn(S(=O)(=O)c4ccc(Cl)cc4)c3n2)c2cc[nH]c2c1=O.Cn1cc([B]OC(C)(C)C(C)(C)O)c2cc[nH]c2c1=O.O=S(=O)(Cl)c1ccc(Cl)cc1.O=S(=O)(c1ccc(Cl)cc1)n1ccc2ccc(Br)nc21.[Na+].[OH-]. The molecule has 0 amide bonds. The summed E-state index contributed by atoms with van der Waals surface area (Å²) in [4.78, 5) is 61.7. The fourth-order valence-electron chi connectivity index (χ4n) is 13.4. The summed E-state index contributed by atoms with van der Waals surface area (Å²) in [5, 5.41) is 15.8. The van der Waals surface area contributed by atoms with E-state index in [0.29, 0.717) is 80.1 Å². The van der Waals surface area contributed by atoms with Crippen LogP contribution >= 0.6 is 88.9 Å². The largest absolute Gasteiger partial charge is 1.00 e. The Bertz CT molecular complexity index is 8340. The zero-order chi connectivity index (χ0) is 94.4. The number of halogens is 7. The van der Waals surface area contributed by atoms with E-state index in [1.165, 1.54) is 154 Å². The number of H-pyrrole nitrogens is 2. The van der Waals surface area contributed by atoms with Crippen LogP contribution in [0.4, 0.5) is 0 Å². The third kappa shape index (κ3) is 21.8. The van der Waals surface area contributed by atoms with Gasteiger partial charge in [-0.1, -0.05) is 82.3 Å². The summed E-state index contributed by atoms with van der Waals surface area (Å²) in [5.41, 5.74) is 5.64. The Morgan fingerprint density at radius 1 is 0.436 bits per heavy atom. The zero-order valence-electron chi connectivity index (χ0n) is 71.5. The summed E-state index contributed by atoms with van der Waals surface area (Å²) in [5.74, 6) is 0. The number of pyridine rings is 7. The number of aromatic nitrogens is 13. The number of fused-ring (bicyclic) bond motifs is 7. The maximum Gasteiger partial charge on any atom is 1.00 e. The molecule has 0 saturated heterocycles. The number of rotatable bonds is 15. The van der Waals surface area contributed by atoms with Gasteiger partial charge in [0.05, 0.1) is 52.8 Å². The molecule has 19 rings (SSSR count). The molecule has 43 heteroatoms. The predicted octanol–water partition coefficient (Wildman–Crippen LogP) is 14.4. The van der Waals surface area contributed by atoms with Crippen molar-refractivity contribution >= 4 is 223 Å². The van der Waals surface area contributed by atoms with Crippen molar-refractivity contribution in [1.82, 2.24) is 59.5 Å². The quantitative estimate of drug-likeness (QED) is 0.0487. The molecule has 133 heavy (non-hydrogen) atoms. The molecule has 29 nitrogen and oxygen atoms in total. The Balaban J connectivity index is 0.000000152. The van der Waals surface area contributed by atoms with Gasteiger partial charge in [-0.15, -0.1) is 0 Å². The third-order valence-electron chi connectivity index (χ3n) is 21.2. The average Bonchev–Trinajstić information content (AvgIpc) is 1.60. The van der Waals surface area contributed by atoms with Gasteiger partial charge in [-0.05, 0) is 266 Å². The number of allylic oxidation sites excluding steroid dienone is 1. The van der Waals surface area contributed by atoms with Crippen LogP contribution in [0.2, 0.25) is 20.1 Å². The van der Waals surface area contributed by atoms with Crippen molar-refractivity contribution in [2.75, 3.05) is 0 Å². The minimum atomic E-state index is -4.07. The van der Waals surface area contributed by atoms with Crippen LogP contribution in [0.3, 0.4) is 0 Å². The summed E-state index contributed by atoms with van der Waals surface area (Å²) >= 11 is 29.7. The summed E-state index contributed by atoms with van der Waals surface area (Å²) in [7, 11) is -7.68. The van der Waals surface area contributed by atoms with Gasteiger partial charge in [-0.2, -0.15) is 0 Å². The molecular weight excluding hydrogens is 2050 g/mol. The first-order valence-corrected chi connectivity index (χ1v) is 50.2. The number of hydrogen-bond acceptors (Lipinski definition) is 20. The van der Waals surface area contributed by atoms with Gasteiger partial charge in [0.2, 0.25) is 0 Å². The fourth-order valence-corrected chi connectivity index (χ4v) is 20.6. The van der Waals surface area contributed by atoms with E-state index in [1.807, 2.05) is 45.0 Å². The third-order valence-corrected chi connectivity index (χ3v) is 31.2. The van der Waals surface area contributed by atoms with Gasteiger partial charge in [-0.3, -0.25) is 14.4 Å². The summed E-state index contributed by atoms with van der Waals surface area (Å²) in [6.45, 7) is 8.89. The standard InChI is InChI=1S/C28H21ClN4O5S2.C21H15ClN4O3S.C14H20BN2O3.C13H8BrClN2O2S.C8H6BrN.C6H4Cl2O2S.Na.H2O/c1-18-3-8-21(9-4-18)39(35,36)32-16-14-23-24(17-31(2)28(34)26(23)32)25-12-5-19-13-15-33(27(19)30-25)40(37,38)22-10-6-20(29)7-11-22;1-25-12-17(16-8-10-23-19(16)21(25)27)18-7-2-13-9-11-26(20(13)24-18)30(28,29)15-5-3-14(22)4-6-15;1-13(2,19)14(3,4)20-15-10-8-17(5)12(18)11-9(10)6-7-16-11;14-12-6-1-9-7-8-17(13(9)16-12)20(18,19)11-4-2-10(15)3-5-11;9-8-5-4-6-2-1-3-7(6)10-8;7-5-1-3-6(4-2-5)11(8,9)10;;/h3-17H,1-2H3;2-12,23H,1H3;6-8,16,19H,1-5H3;1-8H;1-2,4-5H,3H2;1-4H;;1H2/q;;;;;;+1;/p-1. The monoisotopic (exact) mass is 2120 g/mol. The van der Waals surface area contributed by atoms with Crippen LogP contribution in [0.1, 0.15) is 44.5 Å². The number of hydrogen-bond donors (Lipinski definition) is 3. The Hall–Kier alpha value is -10.4. The molecule has 0 atom stereocenters. The molecule has 679 valence electrons. The number of aryl methyl sites for hydroxylation is 4. The second-order valence-electron chi connectivity index (χ2n) is 30.6. The molecule has 1 aliphatic rings. The van der Waals surface area contributed by atoms with E-state index in [0.717, 1.165) is 59.7 Å². The molecule has 5 aromatic carbocycles. The van der Waals surface area contributed by atoms with Crippen LogP contribution in [0.15, 0.2) is 316 Å². The summed E-state index contributed by atoms with van der Waals surface area (Å²) in [6.07, 6.45) is 19.4. The van der Waals surface area contributed by atoms with Crippen LogP contribution in [0.25, 0.3) is 94.4 Å². The molecule has 18 aromatic rings. The van der Waals surface area contributed by atoms with Crippen molar-refractivity contribution in [1.29, 1.82) is 0 Å². The van der Waals surface area contributed by atoms with Crippen LogP contribution in [-0.4, -0.2) is 131 Å². The van der Waals surface area contributed by atoms with Crippen LogP contribution in [0, 0.1) is 6.92 Å².